The van der Waals surface area contributed by atoms with Gasteiger partial charge >= 0.3 is 12.1 Å². The molecule has 0 amide bonds. The third-order valence-electron chi connectivity index (χ3n) is 3.44. The molecule has 19 heavy (non-hydrogen) atoms. The summed E-state index contributed by atoms with van der Waals surface area (Å²) in [5.41, 5.74) is -2.27. The number of likely N-dealkylation sites (N-methyl/N-ethyl adjacent to an activating group) is 1. The maximum Gasteiger partial charge on any atom is 0.435 e. The Labute approximate surface area is 107 Å². The van der Waals surface area contributed by atoms with E-state index in [9.17, 15) is 23.1 Å². The van der Waals surface area contributed by atoms with Gasteiger partial charge in [0.15, 0.2) is 5.69 Å². The molecule has 1 fully saturated rings. The van der Waals surface area contributed by atoms with Crippen LogP contribution in [-0.4, -0.2) is 33.4 Å². The zero-order valence-electron chi connectivity index (χ0n) is 10.2. The van der Waals surface area contributed by atoms with Crippen LogP contribution < -0.4 is 5.32 Å². The minimum atomic E-state index is -4.52. The second-order valence-corrected chi connectivity index (χ2v) is 4.70. The van der Waals surface area contributed by atoms with E-state index in [0.29, 0.717) is 0 Å². The Hall–Kier alpha value is -1.57. The predicted molar refractivity (Wildman–Crippen MR) is 59.4 cm³/mol. The molecule has 1 aromatic rings. The van der Waals surface area contributed by atoms with Crippen LogP contribution in [0.25, 0.3) is 0 Å². The smallest absolute Gasteiger partial charge is 0.435 e. The number of nitrogens with one attached hydrogen (secondary N) is 1. The lowest BCUT2D eigenvalue weighted by atomic mass is 9.93. The largest absolute Gasteiger partial charge is 0.480 e. The van der Waals surface area contributed by atoms with Crippen LogP contribution in [-0.2, 0) is 17.5 Å². The van der Waals surface area contributed by atoms with Crippen molar-refractivity contribution in [2.45, 2.75) is 31.1 Å². The number of halogens is 3. The molecule has 1 aromatic heterocycles. The minimum Gasteiger partial charge on any atom is -0.480 e. The first kappa shape index (κ1) is 13.9. The summed E-state index contributed by atoms with van der Waals surface area (Å²) >= 11 is 0. The average molecular weight is 277 g/mol. The number of rotatable bonds is 5. The molecule has 0 bridgehead atoms. The lowest BCUT2D eigenvalue weighted by Gasteiger charge is -2.28. The van der Waals surface area contributed by atoms with Crippen molar-refractivity contribution in [1.29, 1.82) is 0 Å². The van der Waals surface area contributed by atoms with E-state index < -0.39 is 23.4 Å². The second-order valence-electron chi connectivity index (χ2n) is 4.70. The normalized spacial score (nSPS) is 19.2. The Bertz CT molecular complexity index is 482. The van der Waals surface area contributed by atoms with Gasteiger partial charge in [-0.05, 0) is 31.9 Å². The third-order valence-corrected chi connectivity index (χ3v) is 3.44. The molecule has 1 heterocycles. The van der Waals surface area contributed by atoms with Crippen LogP contribution in [0.1, 0.15) is 18.5 Å². The average Bonchev–Trinajstić information content (AvgIpc) is 3.04. The summed E-state index contributed by atoms with van der Waals surface area (Å²) in [5.74, 6) is -1.14. The number of nitrogens with zero attached hydrogens (tertiary/aromatic N) is 2. The van der Waals surface area contributed by atoms with Gasteiger partial charge in [-0.1, -0.05) is 0 Å². The number of hydrogen-bond donors (Lipinski definition) is 2. The van der Waals surface area contributed by atoms with Gasteiger partial charge in [0.2, 0.25) is 0 Å². The Morgan fingerprint density at radius 2 is 2.21 bits per heavy atom. The fourth-order valence-electron chi connectivity index (χ4n) is 2.19. The van der Waals surface area contributed by atoms with E-state index in [1.54, 1.807) is 0 Å². The number of alkyl halides is 3. The molecule has 0 saturated heterocycles. The van der Waals surface area contributed by atoms with E-state index in [1.807, 2.05) is 0 Å². The molecule has 0 spiro atoms. The standard InChI is InChI=1S/C11H14F3N3O2/c1-15-10(9(18)19,7-2-3-7)6-17-5-4-8(16-17)11(12,13)14/h4-5,7,15H,2-3,6H2,1H3,(H,18,19). The summed E-state index contributed by atoms with van der Waals surface area (Å²) in [6, 6.07) is 0.842. The van der Waals surface area contributed by atoms with Crippen molar-refractivity contribution in [1.82, 2.24) is 15.1 Å². The molecule has 1 saturated carbocycles. The molecule has 0 radical (unpaired) electrons. The molecular formula is C11H14F3N3O2. The molecule has 2 rings (SSSR count). The van der Waals surface area contributed by atoms with Crippen LogP contribution in [0.5, 0.6) is 0 Å². The highest BCUT2D eigenvalue weighted by atomic mass is 19.4. The predicted octanol–water partition coefficient (Wildman–Crippen LogP) is 1.35. The van der Waals surface area contributed by atoms with Gasteiger partial charge in [-0.2, -0.15) is 18.3 Å². The van der Waals surface area contributed by atoms with Crippen molar-refractivity contribution >= 4 is 5.97 Å². The van der Waals surface area contributed by atoms with Crippen LogP contribution >= 0.6 is 0 Å². The first-order valence-corrected chi connectivity index (χ1v) is 5.82. The third kappa shape index (κ3) is 2.58. The second kappa shape index (κ2) is 4.52. The molecule has 106 valence electrons. The Morgan fingerprint density at radius 1 is 1.58 bits per heavy atom. The van der Waals surface area contributed by atoms with Crippen molar-refractivity contribution in [3.63, 3.8) is 0 Å². The highest BCUT2D eigenvalue weighted by Gasteiger charge is 2.51. The monoisotopic (exact) mass is 277 g/mol. The summed E-state index contributed by atoms with van der Waals surface area (Å²) in [4.78, 5) is 11.4. The van der Waals surface area contributed by atoms with Gasteiger partial charge in [0.05, 0.1) is 6.54 Å². The summed E-state index contributed by atoms with van der Waals surface area (Å²) in [6.07, 6.45) is -1.86. The van der Waals surface area contributed by atoms with Crippen molar-refractivity contribution in [3.8, 4) is 0 Å². The van der Waals surface area contributed by atoms with E-state index in [0.717, 1.165) is 29.8 Å². The maximum absolute atomic E-state index is 12.4. The molecule has 5 nitrogen and oxygen atoms in total. The zero-order chi connectivity index (χ0) is 14.3. The zero-order valence-corrected chi connectivity index (χ0v) is 10.2. The topological polar surface area (TPSA) is 67.2 Å². The molecule has 1 aliphatic carbocycles. The first-order valence-electron chi connectivity index (χ1n) is 5.82. The molecule has 8 heteroatoms. The van der Waals surface area contributed by atoms with E-state index in [1.165, 1.54) is 7.05 Å². The number of carbonyl (C=O) groups is 1. The minimum absolute atomic E-state index is 0.0754. The van der Waals surface area contributed by atoms with Gasteiger partial charge in [-0.3, -0.25) is 9.48 Å². The van der Waals surface area contributed by atoms with Gasteiger partial charge in [0, 0.05) is 6.20 Å². The number of carboxylic acid groups (broad SMARTS) is 1. The fraction of sp³-hybridized carbons (Fsp3) is 0.636. The van der Waals surface area contributed by atoms with Gasteiger partial charge in [0.1, 0.15) is 5.54 Å². The van der Waals surface area contributed by atoms with Crippen LogP contribution in [0.15, 0.2) is 12.3 Å². The molecule has 0 aromatic carbocycles. The lowest BCUT2D eigenvalue weighted by molar-refractivity contribution is -0.146. The number of aromatic nitrogens is 2. The van der Waals surface area contributed by atoms with Gasteiger partial charge < -0.3 is 10.4 Å². The SMILES string of the molecule is CNC(Cn1ccc(C(F)(F)F)n1)(C(=O)O)C1CC1. The number of aliphatic carboxylic acids is 1. The van der Waals surface area contributed by atoms with Crippen molar-refractivity contribution in [2.75, 3.05) is 7.05 Å². The molecule has 1 aliphatic rings. The summed E-state index contributed by atoms with van der Waals surface area (Å²) in [5, 5.41) is 15.5. The summed E-state index contributed by atoms with van der Waals surface area (Å²) < 4.78 is 38.3. The van der Waals surface area contributed by atoms with Crippen LogP contribution in [0.4, 0.5) is 13.2 Å². The van der Waals surface area contributed by atoms with Gasteiger partial charge in [-0.25, -0.2) is 0 Å². The van der Waals surface area contributed by atoms with Gasteiger partial charge in [-0.15, -0.1) is 0 Å². The van der Waals surface area contributed by atoms with Gasteiger partial charge in [0.25, 0.3) is 0 Å². The lowest BCUT2D eigenvalue weighted by Crippen LogP contribution is -2.55. The fourth-order valence-corrected chi connectivity index (χ4v) is 2.19. The summed E-state index contributed by atoms with van der Waals surface area (Å²) in [7, 11) is 1.50. The van der Waals surface area contributed by atoms with Crippen LogP contribution in [0.2, 0.25) is 0 Å². The Balaban J connectivity index is 2.23. The molecular weight excluding hydrogens is 263 g/mol. The highest BCUT2D eigenvalue weighted by Crippen LogP contribution is 2.40. The molecule has 0 aliphatic heterocycles. The summed E-state index contributed by atoms with van der Waals surface area (Å²) in [6.45, 7) is -0.125. The van der Waals surface area contributed by atoms with E-state index in [-0.39, 0.29) is 12.5 Å². The quantitative estimate of drug-likeness (QED) is 0.852. The first-order chi connectivity index (χ1) is 8.79. The van der Waals surface area contributed by atoms with Crippen LogP contribution in [0.3, 0.4) is 0 Å². The maximum atomic E-state index is 12.4. The molecule has 1 atom stereocenters. The van der Waals surface area contributed by atoms with Crippen molar-refractivity contribution in [2.24, 2.45) is 5.92 Å². The van der Waals surface area contributed by atoms with Crippen molar-refractivity contribution < 1.29 is 23.1 Å². The van der Waals surface area contributed by atoms with Crippen LogP contribution in [0, 0.1) is 5.92 Å². The number of hydrogen-bond acceptors (Lipinski definition) is 3. The molecule has 1 unspecified atom stereocenters. The Kier molecular flexibility index (Phi) is 3.29. The van der Waals surface area contributed by atoms with Crippen molar-refractivity contribution in [3.05, 3.63) is 18.0 Å². The van der Waals surface area contributed by atoms with E-state index >= 15 is 0 Å². The van der Waals surface area contributed by atoms with E-state index in [2.05, 4.69) is 10.4 Å². The highest BCUT2D eigenvalue weighted by molar-refractivity contribution is 5.79. The van der Waals surface area contributed by atoms with E-state index in [4.69, 9.17) is 0 Å². The molecule has 2 N–H and O–H groups in total. The Morgan fingerprint density at radius 3 is 2.58 bits per heavy atom. The number of carboxylic acids is 1.